The van der Waals surface area contributed by atoms with Crippen molar-refractivity contribution in [1.82, 2.24) is 10.2 Å². The summed E-state index contributed by atoms with van der Waals surface area (Å²) in [4.78, 5) is 9.61. The van der Waals surface area contributed by atoms with Crippen LogP contribution in [0.25, 0.3) is 0 Å². The number of hydrogen-bond donors (Lipinski definition) is 2. The van der Waals surface area contributed by atoms with Gasteiger partial charge in [0.1, 0.15) is 0 Å². The number of aromatic nitrogens is 2. The molecule has 0 amide bonds. The predicted molar refractivity (Wildman–Crippen MR) is 25.7 cm³/mol. The fourth-order valence-corrected chi connectivity index (χ4v) is 0.340. The molecule has 0 saturated carbocycles. The Bertz CT molecular complexity index is 194. The Morgan fingerprint density at radius 1 is 1.88 bits per heavy atom. The lowest BCUT2D eigenvalue weighted by Gasteiger charge is -1.76. The minimum Gasteiger partial charge on any atom is -0.503 e. The topological polar surface area (TPSA) is 78.3 Å². The van der Waals surface area contributed by atoms with Gasteiger partial charge in [-0.1, -0.05) is 0 Å². The standard InChI is InChI=1S/C3H3N3O2/c7-2-1-4-5-3(2)6-8/h1,7H,(H,4,5). The third-order valence-corrected chi connectivity index (χ3v) is 0.691. The average Bonchev–Trinajstić information content (AvgIpc) is 2.14. The summed E-state index contributed by atoms with van der Waals surface area (Å²) < 4.78 is 0. The maximum absolute atomic E-state index is 9.61. The Morgan fingerprint density at radius 2 is 2.62 bits per heavy atom. The number of hydrogen-bond acceptors (Lipinski definition) is 4. The Kier molecular flexibility index (Phi) is 0.957. The van der Waals surface area contributed by atoms with E-state index in [4.69, 9.17) is 5.11 Å². The second kappa shape index (κ2) is 1.61. The Balaban J connectivity index is 3.09. The fourth-order valence-electron chi connectivity index (χ4n) is 0.340. The maximum atomic E-state index is 9.61. The van der Waals surface area contributed by atoms with Crippen molar-refractivity contribution in [3.05, 3.63) is 11.1 Å². The van der Waals surface area contributed by atoms with E-state index < -0.39 is 0 Å². The molecule has 0 fully saturated rings. The van der Waals surface area contributed by atoms with E-state index in [1.807, 2.05) is 0 Å². The zero-order valence-electron chi connectivity index (χ0n) is 3.83. The summed E-state index contributed by atoms with van der Waals surface area (Å²) in [5, 5.41) is 16.5. The summed E-state index contributed by atoms with van der Waals surface area (Å²) in [5.41, 5.74) is 0. The van der Waals surface area contributed by atoms with Crippen molar-refractivity contribution in [3.63, 3.8) is 0 Å². The first kappa shape index (κ1) is 4.76. The number of nitroso groups, excluding NO2 is 1. The number of H-pyrrole nitrogens is 1. The molecule has 2 N–H and O–H groups in total. The molecular formula is C3H3N3O2. The molecule has 1 heterocycles. The number of aromatic hydroxyl groups is 1. The summed E-state index contributed by atoms with van der Waals surface area (Å²) in [7, 11) is 0. The minimum atomic E-state index is -0.222. The van der Waals surface area contributed by atoms with E-state index in [0.717, 1.165) is 6.20 Å². The number of nitrogens with one attached hydrogen (secondary N) is 1. The lowest BCUT2D eigenvalue weighted by molar-refractivity contribution is 0.477. The van der Waals surface area contributed by atoms with Crippen LogP contribution in [0, 0.1) is 4.91 Å². The molecular weight excluding hydrogens is 110 g/mol. The minimum absolute atomic E-state index is 0.134. The van der Waals surface area contributed by atoms with Crippen LogP contribution >= 0.6 is 0 Å². The normalized spacial score (nSPS) is 9.00. The smallest absolute Gasteiger partial charge is 0.234 e. The highest BCUT2D eigenvalue weighted by Crippen LogP contribution is 2.19. The van der Waals surface area contributed by atoms with Crippen molar-refractivity contribution < 1.29 is 5.11 Å². The quantitative estimate of drug-likeness (QED) is 0.521. The van der Waals surface area contributed by atoms with Crippen molar-refractivity contribution in [2.45, 2.75) is 0 Å². The zero-order chi connectivity index (χ0) is 5.98. The molecule has 0 radical (unpaired) electrons. The maximum Gasteiger partial charge on any atom is 0.234 e. The van der Waals surface area contributed by atoms with Crippen molar-refractivity contribution in [2.75, 3.05) is 0 Å². The molecule has 8 heavy (non-hydrogen) atoms. The Hall–Kier alpha value is -1.39. The van der Waals surface area contributed by atoms with E-state index >= 15 is 0 Å². The number of aromatic amines is 1. The van der Waals surface area contributed by atoms with Crippen molar-refractivity contribution in [3.8, 4) is 5.75 Å². The van der Waals surface area contributed by atoms with E-state index in [1.54, 1.807) is 0 Å². The van der Waals surface area contributed by atoms with E-state index in [-0.39, 0.29) is 11.6 Å². The van der Waals surface area contributed by atoms with Gasteiger partial charge in [-0.05, 0) is 5.18 Å². The van der Waals surface area contributed by atoms with Gasteiger partial charge < -0.3 is 5.11 Å². The highest BCUT2D eigenvalue weighted by molar-refractivity contribution is 5.40. The third-order valence-electron chi connectivity index (χ3n) is 0.691. The highest BCUT2D eigenvalue weighted by atomic mass is 16.3. The molecule has 0 unspecified atom stereocenters. The molecule has 5 heteroatoms. The van der Waals surface area contributed by atoms with Gasteiger partial charge in [0.2, 0.25) is 5.82 Å². The number of nitrogens with zero attached hydrogens (tertiary/aromatic N) is 2. The first-order chi connectivity index (χ1) is 3.84. The van der Waals surface area contributed by atoms with Crippen LogP contribution in [0.3, 0.4) is 0 Å². The lowest BCUT2D eigenvalue weighted by atomic mass is 10.6. The van der Waals surface area contributed by atoms with Crippen LogP contribution in [0.2, 0.25) is 0 Å². The molecule has 0 saturated heterocycles. The summed E-state index contributed by atoms with van der Waals surface area (Å²) in [6.07, 6.45) is 1.11. The van der Waals surface area contributed by atoms with Gasteiger partial charge in [0.25, 0.3) is 0 Å². The fraction of sp³-hybridized carbons (Fsp3) is 0. The zero-order valence-corrected chi connectivity index (χ0v) is 3.83. The summed E-state index contributed by atoms with van der Waals surface area (Å²) in [6, 6.07) is 0. The Morgan fingerprint density at radius 3 is 2.88 bits per heavy atom. The molecule has 5 nitrogen and oxygen atoms in total. The van der Waals surface area contributed by atoms with E-state index in [2.05, 4.69) is 15.4 Å². The summed E-state index contributed by atoms with van der Waals surface area (Å²) in [6.45, 7) is 0. The monoisotopic (exact) mass is 113 g/mol. The van der Waals surface area contributed by atoms with Crippen molar-refractivity contribution in [2.24, 2.45) is 5.18 Å². The lowest BCUT2D eigenvalue weighted by Crippen LogP contribution is -1.60. The summed E-state index contributed by atoms with van der Waals surface area (Å²) in [5.74, 6) is -0.356. The molecule has 1 aromatic rings. The molecule has 0 spiro atoms. The van der Waals surface area contributed by atoms with Crippen molar-refractivity contribution >= 4 is 5.82 Å². The molecule has 0 aliphatic carbocycles. The molecule has 42 valence electrons. The van der Waals surface area contributed by atoms with Gasteiger partial charge in [-0.25, -0.2) is 0 Å². The first-order valence-corrected chi connectivity index (χ1v) is 1.90. The number of rotatable bonds is 1. The van der Waals surface area contributed by atoms with Crippen LogP contribution in [0.1, 0.15) is 0 Å². The van der Waals surface area contributed by atoms with Gasteiger partial charge in [0.05, 0.1) is 6.20 Å². The van der Waals surface area contributed by atoms with Crippen LogP contribution in [0.4, 0.5) is 5.82 Å². The van der Waals surface area contributed by atoms with Crippen LogP contribution in [-0.4, -0.2) is 15.3 Å². The van der Waals surface area contributed by atoms with Crippen molar-refractivity contribution in [1.29, 1.82) is 0 Å². The average molecular weight is 113 g/mol. The largest absolute Gasteiger partial charge is 0.503 e. The van der Waals surface area contributed by atoms with Crippen LogP contribution in [-0.2, 0) is 0 Å². The predicted octanol–water partition coefficient (Wildman–Crippen LogP) is 0.513. The molecule has 0 aliphatic heterocycles. The Labute approximate surface area is 44.3 Å². The van der Waals surface area contributed by atoms with Gasteiger partial charge in [-0.2, -0.15) is 5.10 Å². The van der Waals surface area contributed by atoms with Gasteiger partial charge in [0.15, 0.2) is 5.75 Å². The second-order valence-electron chi connectivity index (χ2n) is 1.20. The van der Waals surface area contributed by atoms with Crippen LogP contribution < -0.4 is 0 Å². The van der Waals surface area contributed by atoms with Crippen LogP contribution in [0.15, 0.2) is 11.4 Å². The second-order valence-corrected chi connectivity index (χ2v) is 1.20. The molecule has 0 aromatic carbocycles. The summed E-state index contributed by atoms with van der Waals surface area (Å²) >= 11 is 0. The molecule has 0 bridgehead atoms. The van der Waals surface area contributed by atoms with Gasteiger partial charge >= 0.3 is 0 Å². The van der Waals surface area contributed by atoms with Gasteiger partial charge in [0, 0.05) is 0 Å². The first-order valence-electron chi connectivity index (χ1n) is 1.90. The molecule has 1 aromatic heterocycles. The SMILES string of the molecule is O=Nc1[nH]ncc1O. The molecule has 0 atom stereocenters. The van der Waals surface area contributed by atoms with Gasteiger partial charge in [-0.3, -0.25) is 5.10 Å². The van der Waals surface area contributed by atoms with E-state index in [9.17, 15) is 4.91 Å². The third kappa shape index (κ3) is 0.534. The molecule has 0 aliphatic rings. The highest BCUT2D eigenvalue weighted by Gasteiger charge is 1.98. The molecule has 1 rings (SSSR count). The van der Waals surface area contributed by atoms with E-state index in [0.29, 0.717) is 0 Å². The van der Waals surface area contributed by atoms with Crippen LogP contribution in [0.5, 0.6) is 5.75 Å². The van der Waals surface area contributed by atoms with Gasteiger partial charge in [-0.15, -0.1) is 4.91 Å². The van der Waals surface area contributed by atoms with E-state index in [1.165, 1.54) is 0 Å².